The fraction of sp³-hybridized carbons (Fsp3) is 0.690. The van der Waals surface area contributed by atoms with Crippen molar-refractivity contribution in [3.05, 3.63) is 29.3 Å². The van der Waals surface area contributed by atoms with E-state index in [0.717, 1.165) is 62.1 Å². The van der Waals surface area contributed by atoms with E-state index >= 15 is 0 Å². The summed E-state index contributed by atoms with van der Waals surface area (Å²) in [6.07, 6.45) is 5.31. The first-order chi connectivity index (χ1) is 18.3. The lowest BCUT2D eigenvalue weighted by atomic mass is 9.83. The maximum atomic E-state index is 13.5. The van der Waals surface area contributed by atoms with Gasteiger partial charge >= 0.3 is 12.0 Å². The van der Waals surface area contributed by atoms with Crippen molar-refractivity contribution >= 4 is 17.9 Å². The monoisotopic (exact) mass is 528 g/mol. The number of ether oxygens (including phenoxy) is 1. The van der Waals surface area contributed by atoms with Crippen LogP contribution in [0.4, 0.5) is 4.79 Å². The second-order valence-electron chi connectivity index (χ2n) is 11.0. The molecule has 0 aliphatic carbocycles. The standard InChI is InChI=1S/C29H44N4O5/c1-4-6-12-31(13-7-5-2)26(34)20-33-19-23(21-8-9-25-22(18-21)11-17-38-25)27(28(35)36)24(33)10-14-32-16-15-30(3)29(32)37/h8-9,18,23-24,27H,4-7,10-17,19-20H2,1-3H3,(H,35,36)/t23-,24+,27-/m1/s1. The zero-order chi connectivity index (χ0) is 27.2. The predicted octanol–water partition coefficient (Wildman–Crippen LogP) is 3.28. The van der Waals surface area contributed by atoms with Crippen molar-refractivity contribution in [1.82, 2.24) is 19.6 Å². The van der Waals surface area contributed by atoms with Crippen molar-refractivity contribution in [2.45, 2.75) is 64.3 Å². The van der Waals surface area contributed by atoms with Gasteiger partial charge in [-0.05, 0) is 36.5 Å². The molecule has 9 nitrogen and oxygen atoms in total. The fourth-order valence-electron chi connectivity index (χ4n) is 6.16. The van der Waals surface area contributed by atoms with E-state index < -0.39 is 11.9 Å². The molecule has 2 saturated heterocycles. The number of amides is 3. The summed E-state index contributed by atoms with van der Waals surface area (Å²) in [6.45, 7) is 8.90. The number of likely N-dealkylation sites (tertiary alicyclic amines) is 1. The van der Waals surface area contributed by atoms with Crippen LogP contribution in [0.25, 0.3) is 0 Å². The van der Waals surface area contributed by atoms with Crippen molar-refractivity contribution in [3.63, 3.8) is 0 Å². The summed E-state index contributed by atoms with van der Waals surface area (Å²) in [5, 5.41) is 10.5. The van der Waals surface area contributed by atoms with Gasteiger partial charge in [-0.1, -0.05) is 38.8 Å². The second kappa shape index (κ2) is 12.8. The Bertz CT molecular complexity index is 993. The molecule has 0 saturated carbocycles. The van der Waals surface area contributed by atoms with Gasteiger partial charge in [-0.25, -0.2) is 4.79 Å². The maximum absolute atomic E-state index is 13.5. The Morgan fingerprint density at radius 3 is 2.50 bits per heavy atom. The van der Waals surface area contributed by atoms with Gasteiger partial charge in [-0.3, -0.25) is 14.5 Å². The van der Waals surface area contributed by atoms with E-state index in [9.17, 15) is 19.5 Å². The smallest absolute Gasteiger partial charge is 0.319 e. The number of fused-ring (bicyclic) bond motifs is 1. The fourth-order valence-corrected chi connectivity index (χ4v) is 6.16. The Labute approximate surface area is 226 Å². The van der Waals surface area contributed by atoms with Crippen LogP contribution in [0, 0.1) is 5.92 Å². The van der Waals surface area contributed by atoms with Crippen molar-refractivity contribution in [3.8, 4) is 5.75 Å². The van der Waals surface area contributed by atoms with Gasteiger partial charge in [0.1, 0.15) is 5.75 Å². The molecule has 210 valence electrons. The van der Waals surface area contributed by atoms with Crippen LogP contribution in [0.2, 0.25) is 0 Å². The number of rotatable bonds is 13. The number of hydrogen-bond acceptors (Lipinski definition) is 5. The molecule has 1 aromatic rings. The molecule has 0 spiro atoms. The molecule has 3 atom stereocenters. The normalized spacial score (nSPS) is 23.1. The molecule has 3 amide bonds. The first-order valence-electron chi connectivity index (χ1n) is 14.3. The summed E-state index contributed by atoms with van der Waals surface area (Å²) < 4.78 is 5.67. The van der Waals surface area contributed by atoms with Crippen LogP contribution in [-0.4, -0.2) is 108 Å². The Balaban J connectivity index is 1.57. The largest absolute Gasteiger partial charge is 0.493 e. The van der Waals surface area contributed by atoms with Gasteiger partial charge in [0.05, 0.1) is 19.1 Å². The van der Waals surface area contributed by atoms with Gasteiger partial charge in [-0.2, -0.15) is 0 Å². The molecule has 0 unspecified atom stereocenters. The topological polar surface area (TPSA) is 93.6 Å². The number of benzene rings is 1. The molecule has 9 heteroatoms. The number of carbonyl (C=O) groups excluding carboxylic acids is 2. The number of likely N-dealkylation sites (N-methyl/N-ethyl adjacent to an activating group) is 1. The highest BCUT2D eigenvalue weighted by molar-refractivity contribution is 5.79. The van der Waals surface area contributed by atoms with Crippen molar-refractivity contribution < 1.29 is 24.2 Å². The molecule has 3 aliphatic rings. The van der Waals surface area contributed by atoms with E-state index in [0.29, 0.717) is 39.2 Å². The van der Waals surface area contributed by atoms with E-state index in [1.165, 1.54) is 0 Å². The van der Waals surface area contributed by atoms with Crippen LogP contribution in [0.1, 0.15) is 63.0 Å². The summed E-state index contributed by atoms with van der Waals surface area (Å²) >= 11 is 0. The Morgan fingerprint density at radius 1 is 1.13 bits per heavy atom. The minimum atomic E-state index is -0.842. The molecule has 0 bridgehead atoms. The Kier molecular flexibility index (Phi) is 9.52. The molecular formula is C29H44N4O5. The number of aliphatic carboxylic acids is 1. The first-order valence-corrected chi connectivity index (χ1v) is 14.3. The molecular weight excluding hydrogens is 484 g/mol. The van der Waals surface area contributed by atoms with Crippen molar-refractivity contribution in [1.29, 1.82) is 0 Å². The van der Waals surface area contributed by atoms with Crippen molar-refractivity contribution in [2.24, 2.45) is 5.92 Å². The first kappa shape index (κ1) is 28.2. The third-order valence-electron chi connectivity index (χ3n) is 8.43. The molecule has 38 heavy (non-hydrogen) atoms. The van der Waals surface area contributed by atoms with Crippen LogP contribution in [-0.2, 0) is 16.0 Å². The van der Waals surface area contributed by atoms with Crippen LogP contribution < -0.4 is 4.74 Å². The van der Waals surface area contributed by atoms with Gasteiger partial charge in [0.25, 0.3) is 0 Å². The van der Waals surface area contributed by atoms with E-state index in [1.54, 1.807) is 16.8 Å². The average molecular weight is 529 g/mol. The highest BCUT2D eigenvalue weighted by Crippen LogP contribution is 2.41. The molecule has 2 fully saturated rings. The number of carboxylic acid groups (broad SMARTS) is 1. The Morgan fingerprint density at radius 2 is 1.87 bits per heavy atom. The highest BCUT2D eigenvalue weighted by Gasteiger charge is 2.47. The lowest BCUT2D eigenvalue weighted by Gasteiger charge is -2.30. The van der Waals surface area contributed by atoms with Gasteiger partial charge in [0, 0.05) is 64.7 Å². The average Bonchev–Trinajstić information content (AvgIpc) is 3.60. The zero-order valence-electron chi connectivity index (χ0n) is 23.2. The predicted molar refractivity (Wildman–Crippen MR) is 145 cm³/mol. The summed E-state index contributed by atoms with van der Waals surface area (Å²) in [6, 6.07) is 5.69. The van der Waals surface area contributed by atoms with Gasteiger partial charge in [0.15, 0.2) is 0 Å². The van der Waals surface area contributed by atoms with Gasteiger partial charge in [-0.15, -0.1) is 0 Å². The summed E-state index contributed by atoms with van der Waals surface area (Å²) in [4.78, 5) is 46.3. The molecule has 0 aromatic heterocycles. The lowest BCUT2D eigenvalue weighted by molar-refractivity contribution is -0.144. The minimum absolute atomic E-state index is 0.0158. The maximum Gasteiger partial charge on any atom is 0.319 e. The van der Waals surface area contributed by atoms with E-state index in [1.807, 2.05) is 17.0 Å². The molecule has 1 aromatic carbocycles. The Hall–Kier alpha value is -2.81. The van der Waals surface area contributed by atoms with Crippen LogP contribution >= 0.6 is 0 Å². The SMILES string of the molecule is CCCCN(CCCC)C(=O)CN1C[C@H](c2ccc3c(c2)CCO3)[C@@H](C(=O)O)[C@@H]1CCN1CCN(C)C1=O. The zero-order valence-corrected chi connectivity index (χ0v) is 23.2. The number of hydrogen-bond donors (Lipinski definition) is 1. The summed E-state index contributed by atoms with van der Waals surface area (Å²) in [5.74, 6) is -0.779. The van der Waals surface area contributed by atoms with E-state index in [-0.39, 0.29) is 30.4 Å². The molecule has 3 heterocycles. The molecule has 0 radical (unpaired) electrons. The highest BCUT2D eigenvalue weighted by atomic mass is 16.5. The third kappa shape index (κ3) is 6.25. The van der Waals surface area contributed by atoms with Crippen LogP contribution in [0.5, 0.6) is 5.75 Å². The number of nitrogens with zero attached hydrogens (tertiary/aromatic N) is 4. The number of unbranched alkanes of at least 4 members (excludes halogenated alkanes) is 2. The number of carboxylic acids is 1. The lowest BCUT2D eigenvalue weighted by Crippen LogP contribution is -2.46. The summed E-state index contributed by atoms with van der Waals surface area (Å²) in [7, 11) is 1.79. The number of carbonyl (C=O) groups is 3. The number of urea groups is 1. The van der Waals surface area contributed by atoms with Gasteiger partial charge < -0.3 is 24.5 Å². The van der Waals surface area contributed by atoms with E-state index in [2.05, 4.69) is 24.8 Å². The molecule has 1 N–H and O–H groups in total. The molecule has 3 aliphatic heterocycles. The van der Waals surface area contributed by atoms with E-state index in [4.69, 9.17) is 4.74 Å². The minimum Gasteiger partial charge on any atom is -0.493 e. The third-order valence-corrected chi connectivity index (χ3v) is 8.43. The summed E-state index contributed by atoms with van der Waals surface area (Å²) in [5.41, 5.74) is 2.11. The van der Waals surface area contributed by atoms with Crippen LogP contribution in [0.15, 0.2) is 18.2 Å². The molecule has 4 rings (SSSR count). The quantitative estimate of drug-likeness (QED) is 0.422. The van der Waals surface area contributed by atoms with Crippen LogP contribution in [0.3, 0.4) is 0 Å². The van der Waals surface area contributed by atoms with Crippen molar-refractivity contribution in [2.75, 3.05) is 59.5 Å². The van der Waals surface area contributed by atoms with Gasteiger partial charge in [0.2, 0.25) is 5.91 Å². The second-order valence-corrected chi connectivity index (χ2v) is 11.0.